The van der Waals surface area contributed by atoms with Crippen molar-refractivity contribution < 1.29 is 0 Å². The SMILES string of the molecule is Cc1cc(C(C)(C)C)ccc1N(C1=C(c2cc(-c3nc(C4=CCCC=C4)nc(-c4ccccc4)n3)ccc2-n2c3ccc(C(C)(C)C)cc3c3cc(C(C)(C)C)ccc32)C=CC(C#N)C1)c1ccc(C(C)(C)C)cc1. The molecular weight excluding hydrogens is 913 g/mol. The van der Waals surface area contributed by atoms with E-state index in [4.69, 9.17) is 15.0 Å². The van der Waals surface area contributed by atoms with Gasteiger partial charge < -0.3 is 9.47 Å². The second-order valence-electron chi connectivity index (χ2n) is 24.9. The topological polar surface area (TPSA) is 70.6 Å². The quantitative estimate of drug-likeness (QED) is 0.152. The molecule has 0 bridgehead atoms. The lowest BCUT2D eigenvalue weighted by atomic mass is 9.85. The Hall–Kier alpha value is -7.62. The van der Waals surface area contributed by atoms with Crippen LogP contribution in [0.3, 0.4) is 0 Å². The minimum atomic E-state index is -0.350. The largest absolute Gasteiger partial charge is 0.313 e. The Morgan fingerprint density at radius 3 is 1.68 bits per heavy atom. The maximum Gasteiger partial charge on any atom is 0.164 e. The van der Waals surface area contributed by atoms with Gasteiger partial charge in [-0.05, 0) is 130 Å². The molecule has 8 aromatic rings. The molecule has 6 nitrogen and oxygen atoms in total. The van der Waals surface area contributed by atoms with Gasteiger partial charge in [-0.2, -0.15) is 5.26 Å². The summed E-state index contributed by atoms with van der Waals surface area (Å²) in [6.45, 7) is 29.6. The molecule has 0 N–H and O–H groups in total. The van der Waals surface area contributed by atoms with Crippen molar-refractivity contribution in [1.29, 1.82) is 5.26 Å². The van der Waals surface area contributed by atoms with E-state index >= 15 is 0 Å². The molecule has 6 heteroatoms. The first-order valence-corrected chi connectivity index (χ1v) is 26.8. The third-order valence-electron chi connectivity index (χ3n) is 15.2. The minimum Gasteiger partial charge on any atom is -0.313 e. The van der Waals surface area contributed by atoms with Crippen LogP contribution in [0.4, 0.5) is 11.4 Å². The zero-order chi connectivity index (χ0) is 53.2. The van der Waals surface area contributed by atoms with Crippen molar-refractivity contribution in [3.63, 3.8) is 0 Å². The fraction of sp³-hybridized carbons (Fsp3) is 0.304. The molecule has 0 saturated heterocycles. The molecule has 75 heavy (non-hydrogen) atoms. The Balaban J connectivity index is 1.32. The first-order chi connectivity index (χ1) is 35.6. The smallest absolute Gasteiger partial charge is 0.164 e. The van der Waals surface area contributed by atoms with Crippen molar-refractivity contribution in [2.24, 2.45) is 5.92 Å². The molecule has 2 heterocycles. The number of anilines is 2. The normalized spacial score (nSPS) is 15.4. The monoisotopic (exact) mass is 985 g/mol. The number of aromatic nitrogens is 4. The second kappa shape index (κ2) is 19.3. The molecule has 0 spiro atoms. The van der Waals surface area contributed by atoms with Gasteiger partial charge in [-0.1, -0.05) is 180 Å². The van der Waals surface area contributed by atoms with E-state index in [1.54, 1.807) is 0 Å². The summed E-state index contributed by atoms with van der Waals surface area (Å²) in [5, 5.41) is 13.3. The van der Waals surface area contributed by atoms with E-state index in [-0.39, 0.29) is 27.6 Å². The Labute approximate surface area is 445 Å². The van der Waals surface area contributed by atoms with Gasteiger partial charge >= 0.3 is 0 Å². The summed E-state index contributed by atoms with van der Waals surface area (Å²) in [5.74, 6) is 1.53. The lowest BCUT2D eigenvalue weighted by molar-refractivity contribution is 0.589. The number of aryl methyl sites for hydroxylation is 1. The van der Waals surface area contributed by atoms with E-state index in [1.165, 1.54) is 33.0 Å². The molecular formula is C69H72N6. The van der Waals surface area contributed by atoms with Crippen LogP contribution in [-0.2, 0) is 21.7 Å². The van der Waals surface area contributed by atoms with Gasteiger partial charge in [0.15, 0.2) is 17.5 Å². The van der Waals surface area contributed by atoms with Gasteiger partial charge in [-0.25, -0.2) is 15.0 Å². The molecule has 378 valence electrons. The Bertz CT molecular complexity index is 3600. The first kappa shape index (κ1) is 50.9. The van der Waals surface area contributed by atoms with Crippen LogP contribution in [0.25, 0.3) is 61.4 Å². The fourth-order valence-corrected chi connectivity index (χ4v) is 10.6. The van der Waals surface area contributed by atoms with Gasteiger partial charge in [0.1, 0.15) is 0 Å². The number of hydrogen-bond donors (Lipinski definition) is 0. The van der Waals surface area contributed by atoms with E-state index in [2.05, 4.69) is 245 Å². The number of hydrogen-bond acceptors (Lipinski definition) is 5. The summed E-state index contributed by atoms with van der Waals surface area (Å²) in [7, 11) is 0. The highest BCUT2D eigenvalue weighted by Gasteiger charge is 2.30. The lowest BCUT2D eigenvalue weighted by Crippen LogP contribution is -2.23. The van der Waals surface area contributed by atoms with Crippen molar-refractivity contribution in [3.8, 4) is 34.5 Å². The number of nitrogens with zero attached hydrogens (tertiary/aromatic N) is 6. The summed E-state index contributed by atoms with van der Waals surface area (Å²) in [6, 6.07) is 49.7. The maximum atomic E-state index is 10.9. The van der Waals surface area contributed by atoms with E-state index in [0.717, 1.165) is 80.0 Å². The lowest BCUT2D eigenvalue weighted by Gasteiger charge is -2.35. The Morgan fingerprint density at radius 2 is 1.12 bits per heavy atom. The molecule has 2 aliphatic carbocycles. The van der Waals surface area contributed by atoms with Gasteiger partial charge in [-0.3, -0.25) is 0 Å². The Kier molecular flexibility index (Phi) is 13.1. The fourth-order valence-electron chi connectivity index (χ4n) is 10.6. The molecule has 0 fully saturated rings. The van der Waals surface area contributed by atoms with Gasteiger partial charge in [0.05, 0.1) is 28.7 Å². The first-order valence-electron chi connectivity index (χ1n) is 26.8. The van der Waals surface area contributed by atoms with Crippen LogP contribution in [-0.4, -0.2) is 19.5 Å². The predicted molar refractivity (Wildman–Crippen MR) is 316 cm³/mol. The third kappa shape index (κ3) is 10.1. The number of rotatable bonds is 8. The summed E-state index contributed by atoms with van der Waals surface area (Å²) in [5.41, 5.74) is 17.4. The minimum absolute atomic E-state index is 0.0322. The van der Waals surface area contributed by atoms with E-state index in [0.29, 0.717) is 23.9 Å². The van der Waals surface area contributed by atoms with Crippen molar-refractivity contribution in [2.45, 2.75) is 131 Å². The summed E-state index contributed by atoms with van der Waals surface area (Å²) < 4.78 is 2.47. The highest BCUT2D eigenvalue weighted by molar-refractivity contribution is 6.10. The average molecular weight is 985 g/mol. The molecule has 2 aromatic heterocycles. The second-order valence-corrected chi connectivity index (χ2v) is 24.9. The van der Waals surface area contributed by atoms with Crippen LogP contribution < -0.4 is 4.90 Å². The van der Waals surface area contributed by atoms with Crippen molar-refractivity contribution in [3.05, 3.63) is 203 Å². The molecule has 6 aromatic carbocycles. The molecule has 0 amide bonds. The van der Waals surface area contributed by atoms with Crippen molar-refractivity contribution in [2.75, 3.05) is 4.90 Å². The maximum absolute atomic E-state index is 10.9. The van der Waals surface area contributed by atoms with Crippen LogP contribution in [0, 0.1) is 24.2 Å². The van der Waals surface area contributed by atoms with Crippen molar-refractivity contribution in [1.82, 2.24) is 19.5 Å². The summed E-state index contributed by atoms with van der Waals surface area (Å²) in [6.07, 6.45) is 13.3. The van der Waals surface area contributed by atoms with Crippen molar-refractivity contribution >= 4 is 44.3 Å². The predicted octanol–water partition coefficient (Wildman–Crippen LogP) is 18.2. The average Bonchev–Trinajstić information content (AvgIpc) is 3.73. The zero-order valence-corrected chi connectivity index (χ0v) is 46.4. The number of allylic oxidation sites excluding steroid dienone is 8. The highest BCUT2D eigenvalue weighted by atomic mass is 15.2. The van der Waals surface area contributed by atoms with E-state index < -0.39 is 0 Å². The van der Waals surface area contributed by atoms with E-state index in [1.807, 2.05) is 18.2 Å². The highest BCUT2D eigenvalue weighted by Crippen LogP contribution is 2.46. The molecule has 1 atom stereocenters. The van der Waals surface area contributed by atoms with Gasteiger partial charge in [0.25, 0.3) is 0 Å². The summed E-state index contributed by atoms with van der Waals surface area (Å²) in [4.78, 5) is 18.1. The molecule has 1 unspecified atom stereocenters. The van der Waals surface area contributed by atoms with Gasteiger partial charge in [0.2, 0.25) is 0 Å². The zero-order valence-electron chi connectivity index (χ0n) is 46.4. The van der Waals surface area contributed by atoms with Crippen LogP contribution >= 0.6 is 0 Å². The summed E-state index contributed by atoms with van der Waals surface area (Å²) >= 11 is 0. The number of benzene rings is 6. The van der Waals surface area contributed by atoms with Crippen LogP contribution in [0.1, 0.15) is 142 Å². The Morgan fingerprint density at radius 1 is 0.560 bits per heavy atom. The third-order valence-corrected chi connectivity index (χ3v) is 15.2. The van der Waals surface area contributed by atoms with Gasteiger partial charge in [-0.15, -0.1) is 0 Å². The molecule has 0 radical (unpaired) electrons. The molecule has 0 saturated carbocycles. The van der Waals surface area contributed by atoms with Gasteiger partial charge in [0, 0.05) is 62.1 Å². The van der Waals surface area contributed by atoms with Crippen LogP contribution in [0.2, 0.25) is 0 Å². The van der Waals surface area contributed by atoms with Crippen LogP contribution in [0.15, 0.2) is 163 Å². The standard InChI is InChI=1S/C69H72N6/c1-44-38-50(67(5,6)7)28-35-58(44)74(53-31-26-49(27-32-53)66(2,3)4)62-39-45(43-70)24-33-54(62)55-40-48(65-72-63(46-20-16-14-17-21-46)71-64(73-65)47-22-18-15-19-23-47)25-34-59(55)75-60-36-29-51(68(8,9)10)41-56(60)57-42-52(69(11,12)13)30-37-61(57)75/h14,16-18,20-38,40-42,45H,15,19,39H2,1-13H3. The molecule has 2 aliphatic rings. The van der Waals surface area contributed by atoms with E-state index in [9.17, 15) is 5.26 Å². The molecule has 0 aliphatic heterocycles. The number of nitriles is 1. The number of fused-ring (bicyclic) bond motifs is 3. The van der Waals surface area contributed by atoms with Crippen LogP contribution in [0.5, 0.6) is 0 Å². The molecule has 10 rings (SSSR count).